The van der Waals surface area contributed by atoms with E-state index >= 15 is 0 Å². The molecule has 6 nitrogen and oxygen atoms in total. The second kappa shape index (κ2) is 6.23. The normalized spacial score (nSPS) is 11.8. The molecule has 1 aromatic heterocycles. The van der Waals surface area contributed by atoms with E-state index in [2.05, 4.69) is 9.71 Å². The third-order valence-corrected chi connectivity index (χ3v) is 4.97. The lowest BCUT2D eigenvalue weighted by molar-refractivity contribution is 0.452. The number of aromatic nitrogens is 1. The summed E-state index contributed by atoms with van der Waals surface area (Å²) in [4.78, 5) is 3.74. The Morgan fingerprint density at radius 3 is 2.48 bits per heavy atom. The number of nitrogens with two attached hydrogens (primary N) is 1. The maximum atomic E-state index is 12.2. The largest absolute Gasteiger partial charge is 0.444 e. The van der Waals surface area contributed by atoms with Gasteiger partial charge in [-0.25, -0.2) is 18.1 Å². The average molecular weight is 350 g/mol. The Kier molecular flexibility index (Phi) is 4.77. The van der Waals surface area contributed by atoms with Gasteiger partial charge in [0, 0.05) is 12.1 Å². The minimum atomic E-state index is -3.90. The Morgan fingerprint density at radius 1 is 1.33 bits per heavy atom. The van der Waals surface area contributed by atoms with Crippen LogP contribution in [0.15, 0.2) is 27.6 Å². The molecule has 0 bridgehead atoms. The summed E-state index contributed by atoms with van der Waals surface area (Å²) in [5, 5.41) is -0.0942. The molecule has 2 rings (SSSR count). The van der Waals surface area contributed by atoms with Crippen LogP contribution in [0.2, 0.25) is 10.0 Å². The maximum Gasteiger partial charge on any atom is 0.244 e. The fraction of sp³-hybridized carbons (Fsp3) is 0.250. The van der Waals surface area contributed by atoms with Gasteiger partial charge < -0.3 is 10.2 Å². The number of sulfonamides is 1. The van der Waals surface area contributed by atoms with Gasteiger partial charge in [-0.05, 0) is 12.1 Å². The molecule has 3 N–H and O–H groups in total. The third kappa shape index (κ3) is 3.68. The Balaban J connectivity index is 2.23. The Bertz CT molecular complexity index is 736. The van der Waals surface area contributed by atoms with Gasteiger partial charge in [-0.2, -0.15) is 0 Å². The second-order valence-electron chi connectivity index (χ2n) is 4.21. The van der Waals surface area contributed by atoms with Crippen molar-refractivity contribution in [1.29, 1.82) is 0 Å². The molecule has 21 heavy (non-hydrogen) atoms. The standard InChI is InChI=1S/C12H13Cl2N3O3S/c1-2-8-5-16-11(20-8)6-17-21(18,19)12-9(13)3-7(15)4-10(12)14/h3-5,17H,2,6,15H2,1H3. The van der Waals surface area contributed by atoms with E-state index in [1.807, 2.05) is 6.92 Å². The van der Waals surface area contributed by atoms with Crippen LogP contribution in [0.4, 0.5) is 5.69 Å². The van der Waals surface area contributed by atoms with Gasteiger partial charge in [-0.15, -0.1) is 0 Å². The first-order valence-corrected chi connectivity index (χ1v) is 8.25. The van der Waals surface area contributed by atoms with Crippen molar-refractivity contribution in [1.82, 2.24) is 9.71 Å². The number of anilines is 1. The lowest BCUT2D eigenvalue weighted by atomic mass is 10.3. The summed E-state index contributed by atoms with van der Waals surface area (Å²) in [6.45, 7) is 1.81. The van der Waals surface area contributed by atoms with Crippen molar-refractivity contribution in [2.24, 2.45) is 0 Å². The molecule has 0 spiro atoms. The fourth-order valence-electron chi connectivity index (χ4n) is 1.66. The molecule has 0 aliphatic carbocycles. The quantitative estimate of drug-likeness (QED) is 0.808. The lowest BCUT2D eigenvalue weighted by Crippen LogP contribution is -2.24. The molecule has 0 saturated carbocycles. The molecular weight excluding hydrogens is 337 g/mol. The smallest absolute Gasteiger partial charge is 0.244 e. The number of hydrogen-bond acceptors (Lipinski definition) is 5. The van der Waals surface area contributed by atoms with Gasteiger partial charge in [0.25, 0.3) is 0 Å². The Morgan fingerprint density at radius 2 is 1.95 bits per heavy atom. The summed E-state index contributed by atoms with van der Waals surface area (Å²) in [7, 11) is -3.90. The van der Waals surface area contributed by atoms with E-state index in [1.54, 1.807) is 6.20 Å². The van der Waals surface area contributed by atoms with E-state index in [0.29, 0.717) is 12.2 Å². The van der Waals surface area contributed by atoms with Crippen molar-refractivity contribution in [3.8, 4) is 0 Å². The molecule has 0 fully saturated rings. The highest BCUT2D eigenvalue weighted by atomic mass is 35.5. The molecule has 9 heteroatoms. The monoisotopic (exact) mass is 349 g/mol. The maximum absolute atomic E-state index is 12.2. The summed E-state index contributed by atoms with van der Waals surface area (Å²) in [6.07, 6.45) is 2.22. The highest BCUT2D eigenvalue weighted by Gasteiger charge is 2.22. The van der Waals surface area contributed by atoms with Gasteiger partial charge in [0.1, 0.15) is 10.7 Å². The summed E-state index contributed by atoms with van der Waals surface area (Å²) in [5.41, 5.74) is 5.83. The van der Waals surface area contributed by atoms with Gasteiger partial charge in [0.2, 0.25) is 15.9 Å². The first-order chi connectivity index (χ1) is 9.83. The number of nitrogens with one attached hydrogen (secondary N) is 1. The first-order valence-electron chi connectivity index (χ1n) is 6.01. The minimum Gasteiger partial charge on any atom is -0.444 e. The van der Waals surface area contributed by atoms with Crippen molar-refractivity contribution in [2.75, 3.05) is 5.73 Å². The zero-order valence-corrected chi connectivity index (χ0v) is 13.4. The van der Waals surface area contributed by atoms with Gasteiger partial charge >= 0.3 is 0 Å². The van der Waals surface area contributed by atoms with E-state index in [0.717, 1.165) is 0 Å². The molecule has 2 aromatic rings. The van der Waals surface area contributed by atoms with Crippen LogP contribution in [0, 0.1) is 0 Å². The molecule has 0 aliphatic heterocycles. The van der Waals surface area contributed by atoms with E-state index in [1.165, 1.54) is 12.1 Å². The summed E-state index contributed by atoms with van der Waals surface area (Å²) < 4.78 is 32.1. The summed E-state index contributed by atoms with van der Waals surface area (Å²) in [6, 6.07) is 2.64. The zero-order valence-electron chi connectivity index (χ0n) is 11.1. The molecular formula is C12H13Cl2N3O3S. The zero-order chi connectivity index (χ0) is 15.6. The fourth-order valence-corrected chi connectivity index (χ4v) is 3.86. The van der Waals surface area contributed by atoms with Crippen molar-refractivity contribution >= 4 is 38.9 Å². The first kappa shape index (κ1) is 16.1. The molecule has 0 amide bonds. The van der Waals surface area contributed by atoms with Crippen LogP contribution in [-0.4, -0.2) is 13.4 Å². The number of nitrogens with zero attached hydrogens (tertiary/aromatic N) is 1. The summed E-state index contributed by atoms with van der Waals surface area (Å²) in [5.74, 6) is 0.936. The lowest BCUT2D eigenvalue weighted by Gasteiger charge is -2.09. The van der Waals surface area contributed by atoms with Crippen LogP contribution in [0.1, 0.15) is 18.6 Å². The topological polar surface area (TPSA) is 98.2 Å². The van der Waals surface area contributed by atoms with Crippen LogP contribution in [-0.2, 0) is 23.0 Å². The predicted molar refractivity (Wildman–Crippen MR) is 80.8 cm³/mol. The Labute approximate surface area is 132 Å². The van der Waals surface area contributed by atoms with Crippen LogP contribution >= 0.6 is 23.2 Å². The second-order valence-corrected chi connectivity index (χ2v) is 6.73. The number of halogens is 2. The van der Waals surface area contributed by atoms with E-state index in [-0.39, 0.29) is 33.1 Å². The molecule has 0 saturated heterocycles. The molecule has 1 heterocycles. The van der Waals surface area contributed by atoms with Crippen molar-refractivity contribution in [3.63, 3.8) is 0 Å². The highest BCUT2D eigenvalue weighted by molar-refractivity contribution is 7.89. The molecule has 0 unspecified atom stereocenters. The predicted octanol–water partition coefficient (Wildman–Crippen LogP) is 2.60. The number of rotatable bonds is 5. The number of hydrogen-bond donors (Lipinski definition) is 2. The van der Waals surface area contributed by atoms with Crippen LogP contribution in [0.5, 0.6) is 0 Å². The van der Waals surface area contributed by atoms with E-state index in [9.17, 15) is 8.42 Å². The third-order valence-electron chi connectivity index (χ3n) is 2.65. The van der Waals surface area contributed by atoms with E-state index < -0.39 is 10.0 Å². The number of aryl methyl sites for hydroxylation is 1. The highest BCUT2D eigenvalue weighted by Crippen LogP contribution is 2.31. The van der Waals surface area contributed by atoms with Crippen LogP contribution < -0.4 is 10.5 Å². The molecule has 0 radical (unpaired) electrons. The SMILES string of the molecule is CCc1cnc(CNS(=O)(=O)c2c(Cl)cc(N)cc2Cl)o1. The number of benzene rings is 1. The van der Waals surface area contributed by atoms with Gasteiger partial charge in [-0.1, -0.05) is 30.1 Å². The van der Waals surface area contributed by atoms with Crippen molar-refractivity contribution in [2.45, 2.75) is 24.8 Å². The molecule has 114 valence electrons. The summed E-state index contributed by atoms with van der Waals surface area (Å²) >= 11 is 11.8. The molecule has 0 aliphatic rings. The van der Waals surface area contributed by atoms with E-state index in [4.69, 9.17) is 33.4 Å². The number of nitrogen functional groups attached to an aromatic ring is 1. The van der Waals surface area contributed by atoms with Gasteiger partial charge in [0.05, 0.1) is 22.8 Å². The average Bonchev–Trinajstić information content (AvgIpc) is 2.82. The van der Waals surface area contributed by atoms with Crippen molar-refractivity contribution < 1.29 is 12.8 Å². The number of oxazole rings is 1. The minimum absolute atomic E-state index is 0.0471. The van der Waals surface area contributed by atoms with Gasteiger partial charge in [-0.3, -0.25) is 0 Å². The van der Waals surface area contributed by atoms with Gasteiger partial charge in [0.15, 0.2) is 0 Å². The molecule has 0 atom stereocenters. The van der Waals surface area contributed by atoms with Crippen LogP contribution in [0.25, 0.3) is 0 Å². The van der Waals surface area contributed by atoms with Crippen LogP contribution in [0.3, 0.4) is 0 Å². The molecule has 1 aromatic carbocycles. The Hall–Kier alpha value is -1.28. The van der Waals surface area contributed by atoms with Crippen molar-refractivity contribution in [3.05, 3.63) is 40.0 Å².